The highest BCUT2D eigenvalue weighted by Gasteiger charge is 2.41. The lowest BCUT2D eigenvalue weighted by Crippen LogP contribution is -2.32. The third kappa shape index (κ3) is 5.17. The van der Waals surface area contributed by atoms with Gasteiger partial charge in [-0.05, 0) is 99.1 Å². The molecule has 4 aromatic rings. The van der Waals surface area contributed by atoms with Crippen molar-refractivity contribution >= 4 is 28.9 Å². The van der Waals surface area contributed by atoms with Crippen molar-refractivity contribution in [1.29, 1.82) is 0 Å². The minimum atomic E-state index is -0.150. The van der Waals surface area contributed by atoms with Crippen LogP contribution in [-0.4, -0.2) is 37.0 Å². The molecule has 0 bridgehead atoms. The maximum absolute atomic E-state index is 12.9. The van der Waals surface area contributed by atoms with Crippen molar-refractivity contribution in [2.24, 2.45) is 0 Å². The van der Waals surface area contributed by atoms with Crippen molar-refractivity contribution < 1.29 is 4.79 Å². The Balaban J connectivity index is 1.47. The predicted octanol–water partition coefficient (Wildman–Crippen LogP) is 5.50. The number of benzene rings is 1. The Morgan fingerprint density at radius 1 is 0.974 bits per heavy atom. The fourth-order valence-electron chi connectivity index (χ4n) is 5.24. The van der Waals surface area contributed by atoms with Crippen LogP contribution < -0.4 is 10.6 Å². The Hall–Kier alpha value is -4.04. The Bertz CT molecular complexity index is 1480. The van der Waals surface area contributed by atoms with Crippen LogP contribution in [0.4, 0.5) is 5.69 Å². The molecule has 0 radical (unpaired) electrons. The number of aromatic nitrogens is 3. The highest BCUT2D eigenvalue weighted by atomic mass is 32.1. The van der Waals surface area contributed by atoms with E-state index in [0.717, 1.165) is 45.3 Å². The number of nitrogens with one attached hydrogen (secondary N) is 2. The Kier molecular flexibility index (Phi) is 7.24. The first kappa shape index (κ1) is 25.6. The molecule has 38 heavy (non-hydrogen) atoms. The number of aryl methyl sites for hydroxylation is 3. The quantitative estimate of drug-likeness (QED) is 0.311. The summed E-state index contributed by atoms with van der Waals surface area (Å²) in [6, 6.07) is 19.7. The first-order valence-electron chi connectivity index (χ1n) is 12.8. The van der Waals surface area contributed by atoms with E-state index in [-0.39, 0.29) is 18.0 Å². The second kappa shape index (κ2) is 10.8. The molecular weight excluding hydrogens is 492 g/mol. The summed E-state index contributed by atoms with van der Waals surface area (Å²) >= 11 is 5.82. The SMILES string of the molecule is Cc1cccc(NC(=O)CCN2C(=S)N[C@H](c3ccccn3)[C@H]2c2cc(C)n(-c3cc(C)ccn3)c2C)c1. The van der Waals surface area contributed by atoms with Gasteiger partial charge < -0.3 is 20.1 Å². The number of nitrogens with zero attached hydrogens (tertiary/aromatic N) is 4. The van der Waals surface area contributed by atoms with Crippen LogP contribution >= 0.6 is 12.2 Å². The third-order valence-electron chi connectivity index (χ3n) is 7.00. The molecule has 8 heteroatoms. The van der Waals surface area contributed by atoms with Crippen LogP contribution in [0.5, 0.6) is 0 Å². The van der Waals surface area contributed by atoms with Crippen LogP contribution in [0.3, 0.4) is 0 Å². The molecule has 0 aliphatic carbocycles. The number of pyridine rings is 2. The molecule has 0 saturated carbocycles. The van der Waals surface area contributed by atoms with Gasteiger partial charge in [-0.25, -0.2) is 4.98 Å². The van der Waals surface area contributed by atoms with Gasteiger partial charge in [0.2, 0.25) is 5.91 Å². The summed E-state index contributed by atoms with van der Waals surface area (Å²) in [5.74, 6) is 0.839. The number of amides is 1. The summed E-state index contributed by atoms with van der Waals surface area (Å²) in [6.45, 7) is 8.77. The molecule has 2 N–H and O–H groups in total. The monoisotopic (exact) mass is 524 g/mol. The molecular formula is C30H32N6OS. The first-order chi connectivity index (χ1) is 18.3. The van der Waals surface area contributed by atoms with Crippen molar-refractivity contribution in [3.63, 3.8) is 0 Å². The molecule has 1 aromatic carbocycles. The summed E-state index contributed by atoms with van der Waals surface area (Å²) in [7, 11) is 0. The van der Waals surface area contributed by atoms with E-state index in [2.05, 4.69) is 63.0 Å². The van der Waals surface area contributed by atoms with Crippen LogP contribution in [0.2, 0.25) is 0 Å². The van der Waals surface area contributed by atoms with Gasteiger partial charge in [0.15, 0.2) is 5.11 Å². The standard InChI is InChI=1S/C30H32N6OS/c1-19-8-7-9-23(16-19)33-27(37)12-15-35-29(28(34-30(35)38)25-10-5-6-13-31-25)24-18-21(3)36(22(24)4)26-17-20(2)11-14-32-26/h5-11,13-14,16-18,28-29H,12,15H2,1-4H3,(H,33,37)(H,34,38)/t28-,29-/m1/s1. The molecule has 5 rings (SSSR count). The molecule has 1 fully saturated rings. The second-order valence-corrected chi connectivity index (χ2v) is 10.2. The van der Waals surface area contributed by atoms with E-state index in [4.69, 9.17) is 12.2 Å². The number of hydrogen-bond donors (Lipinski definition) is 2. The lowest BCUT2D eigenvalue weighted by molar-refractivity contribution is -0.116. The van der Waals surface area contributed by atoms with Crippen molar-refractivity contribution in [1.82, 2.24) is 24.8 Å². The Labute approximate surface area is 228 Å². The fourth-order valence-corrected chi connectivity index (χ4v) is 5.57. The lowest BCUT2D eigenvalue weighted by Gasteiger charge is -2.28. The van der Waals surface area contributed by atoms with E-state index in [0.29, 0.717) is 18.1 Å². The van der Waals surface area contributed by atoms with Crippen LogP contribution in [0, 0.1) is 27.7 Å². The fraction of sp³-hybridized carbons (Fsp3) is 0.267. The minimum Gasteiger partial charge on any atom is -0.352 e. The third-order valence-corrected chi connectivity index (χ3v) is 7.35. The average Bonchev–Trinajstić information content (AvgIpc) is 3.37. The predicted molar refractivity (Wildman–Crippen MR) is 154 cm³/mol. The molecule has 2 atom stereocenters. The lowest BCUT2D eigenvalue weighted by atomic mass is 9.96. The van der Waals surface area contributed by atoms with Crippen LogP contribution in [0.15, 0.2) is 73.1 Å². The molecule has 0 spiro atoms. The van der Waals surface area contributed by atoms with E-state index in [1.807, 2.05) is 61.7 Å². The minimum absolute atomic E-state index is 0.0483. The average molecular weight is 525 g/mol. The number of carbonyl (C=O) groups excluding carboxylic acids is 1. The van der Waals surface area contributed by atoms with Crippen LogP contribution in [0.1, 0.15) is 52.3 Å². The molecule has 1 saturated heterocycles. The van der Waals surface area contributed by atoms with Crippen molar-refractivity contribution in [3.05, 3.63) is 107 Å². The highest BCUT2D eigenvalue weighted by Crippen LogP contribution is 2.41. The molecule has 4 heterocycles. The van der Waals surface area contributed by atoms with Gasteiger partial charge in [-0.2, -0.15) is 0 Å². The van der Waals surface area contributed by atoms with Gasteiger partial charge in [0, 0.05) is 42.4 Å². The van der Waals surface area contributed by atoms with Gasteiger partial charge in [-0.1, -0.05) is 18.2 Å². The zero-order valence-corrected chi connectivity index (χ0v) is 22.9. The van der Waals surface area contributed by atoms with Gasteiger partial charge in [0.25, 0.3) is 0 Å². The van der Waals surface area contributed by atoms with Gasteiger partial charge in [0.05, 0.1) is 17.8 Å². The van der Waals surface area contributed by atoms with Gasteiger partial charge >= 0.3 is 0 Å². The van der Waals surface area contributed by atoms with Gasteiger partial charge in [0.1, 0.15) is 5.82 Å². The van der Waals surface area contributed by atoms with E-state index in [1.54, 1.807) is 6.20 Å². The van der Waals surface area contributed by atoms with Crippen LogP contribution in [0.25, 0.3) is 5.82 Å². The highest BCUT2D eigenvalue weighted by molar-refractivity contribution is 7.80. The zero-order chi connectivity index (χ0) is 26.8. The van der Waals surface area contributed by atoms with E-state index >= 15 is 0 Å². The molecule has 0 unspecified atom stereocenters. The molecule has 7 nitrogen and oxygen atoms in total. The van der Waals surface area contributed by atoms with Gasteiger partial charge in [-0.15, -0.1) is 0 Å². The number of carbonyl (C=O) groups is 1. The van der Waals surface area contributed by atoms with E-state index in [9.17, 15) is 4.79 Å². The number of thiocarbonyl (C=S) groups is 1. The molecule has 1 amide bonds. The van der Waals surface area contributed by atoms with Crippen molar-refractivity contribution in [3.8, 4) is 5.82 Å². The van der Waals surface area contributed by atoms with Gasteiger partial charge in [-0.3, -0.25) is 9.78 Å². The Morgan fingerprint density at radius 2 is 1.79 bits per heavy atom. The smallest absolute Gasteiger partial charge is 0.226 e. The molecule has 194 valence electrons. The largest absolute Gasteiger partial charge is 0.352 e. The molecule has 3 aromatic heterocycles. The van der Waals surface area contributed by atoms with E-state index in [1.165, 1.54) is 0 Å². The Morgan fingerprint density at radius 3 is 2.53 bits per heavy atom. The first-order valence-corrected chi connectivity index (χ1v) is 13.2. The second-order valence-electron chi connectivity index (χ2n) is 9.84. The summed E-state index contributed by atoms with van der Waals surface area (Å²) in [5, 5.41) is 7.13. The summed E-state index contributed by atoms with van der Waals surface area (Å²) in [4.78, 5) is 24.3. The maximum atomic E-state index is 12.9. The summed E-state index contributed by atoms with van der Waals surface area (Å²) in [6.07, 6.45) is 3.94. The summed E-state index contributed by atoms with van der Waals surface area (Å²) < 4.78 is 2.18. The maximum Gasteiger partial charge on any atom is 0.226 e. The number of rotatable bonds is 7. The molecule has 1 aliphatic heterocycles. The van der Waals surface area contributed by atoms with Crippen molar-refractivity contribution in [2.45, 2.75) is 46.2 Å². The van der Waals surface area contributed by atoms with E-state index < -0.39 is 0 Å². The normalized spacial score (nSPS) is 16.9. The molecule has 1 aliphatic rings. The zero-order valence-electron chi connectivity index (χ0n) is 22.1. The van der Waals surface area contributed by atoms with Crippen LogP contribution in [-0.2, 0) is 4.79 Å². The summed E-state index contributed by atoms with van der Waals surface area (Å²) in [5.41, 5.74) is 7.27. The number of hydrogen-bond acceptors (Lipinski definition) is 4. The topological polar surface area (TPSA) is 75.1 Å². The number of anilines is 1. The van der Waals surface area contributed by atoms with Crippen molar-refractivity contribution in [2.75, 3.05) is 11.9 Å².